The Balaban J connectivity index is 1.89. The number of fused-ring (bicyclic) bond motifs is 1. The molecule has 24 heavy (non-hydrogen) atoms. The van der Waals surface area contributed by atoms with Crippen molar-refractivity contribution in [2.45, 2.75) is 0 Å². The summed E-state index contributed by atoms with van der Waals surface area (Å²) in [6.07, 6.45) is 1.46. The van der Waals surface area contributed by atoms with Crippen molar-refractivity contribution >= 4 is 40.9 Å². The molecule has 0 fully saturated rings. The number of aromatic nitrogens is 2. The van der Waals surface area contributed by atoms with Gasteiger partial charge in [-0.15, -0.1) is 0 Å². The fourth-order valence-electron chi connectivity index (χ4n) is 2.20. The van der Waals surface area contributed by atoms with E-state index in [0.29, 0.717) is 17.1 Å². The van der Waals surface area contributed by atoms with Crippen molar-refractivity contribution in [1.29, 1.82) is 0 Å². The Kier molecular flexibility index (Phi) is 4.64. The third-order valence-corrected chi connectivity index (χ3v) is 3.86. The summed E-state index contributed by atoms with van der Waals surface area (Å²) < 4.78 is 10.2. The largest absolute Gasteiger partial charge is 0.494 e. The molecule has 0 aliphatic heterocycles. The average molecular weight is 363 g/mol. The SMILES string of the molecule is COc1cccc2c(Nc3ccc(OP(O)(O)=S)cc3)ncnc12. The van der Waals surface area contributed by atoms with Crippen LogP contribution in [0.4, 0.5) is 11.5 Å². The van der Waals surface area contributed by atoms with Gasteiger partial charge in [0.2, 0.25) is 0 Å². The molecule has 1 heterocycles. The Bertz CT molecular complexity index is 914. The molecule has 1 aromatic heterocycles. The summed E-state index contributed by atoms with van der Waals surface area (Å²) in [7, 11) is 1.59. The summed E-state index contributed by atoms with van der Waals surface area (Å²) in [6, 6.07) is 12.2. The van der Waals surface area contributed by atoms with E-state index in [4.69, 9.17) is 19.0 Å². The van der Waals surface area contributed by atoms with Crippen LogP contribution in [-0.4, -0.2) is 26.9 Å². The van der Waals surface area contributed by atoms with Gasteiger partial charge in [0, 0.05) is 22.9 Å². The first-order valence-electron chi connectivity index (χ1n) is 6.86. The summed E-state index contributed by atoms with van der Waals surface area (Å²) in [5.74, 6) is 1.57. The monoisotopic (exact) mass is 363 g/mol. The van der Waals surface area contributed by atoms with Gasteiger partial charge in [0.25, 0.3) is 0 Å². The summed E-state index contributed by atoms with van der Waals surface area (Å²) >= 11 is 4.44. The highest BCUT2D eigenvalue weighted by atomic mass is 32.5. The van der Waals surface area contributed by atoms with Crippen molar-refractivity contribution < 1.29 is 19.0 Å². The van der Waals surface area contributed by atoms with E-state index >= 15 is 0 Å². The smallest absolute Gasteiger partial charge is 0.375 e. The number of para-hydroxylation sites is 1. The minimum absolute atomic E-state index is 0.281. The quantitative estimate of drug-likeness (QED) is 0.596. The number of nitrogens with one attached hydrogen (secondary N) is 1. The minimum atomic E-state index is -3.73. The molecule has 0 aliphatic rings. The third-order valence-electron chi connectivity index (χ3n) is 3.19. The number of hydrogen-bond acceptors (Lipinski definition) is 6. The highest BCUT2D eigenvalue weighted by molar-refractivity contribution is 8.06. The van der Waals surface area contributed by atoms with Crippen molar-refractivity contribution in [2.24, 2.45) is 0 Å². The van der Waals surface area contributed by atoms with Crippen LogP contribution in [-0.2, 0) is 11.8 Å². The maximum atomic E-state index is 9.16. The molecule has 0 atom stereocenters. The maximum Gasteiger partial charge on any atom is 0.375 e. The first kappa shape index (κ1) is 16.6. The molecule has 124 valence electrons. The van der Waals surface area contributed by atoms with Crippen LogP contribution in [0, 0.1) is 0 Å². The van der Waals surface area contributed by atoms with Crippen LogP contribution in [0.15, 0.2) is 48.8 Å². The third kappa shape index (κ3) is 3.80. The zero-order valence-electron chi connectivity index (χ0n) is 12.6. The van der Waals surface area contributed by atoms with Crippen LogP contribution in [0.1, 0.15) is 0 Å². The van der Waals surface area contributed by atoms with Gasteiger partial charge in [-0.2, -0.15) is 0 Å². The van der Waals surface area contributed by atoms with Gasteiger partial charge in [0.1, 0.15) is 29.2 Å². The molecule has 7 nitrogen and oxygen atoms in total. The average Bonchev–Trinajstić information content (AvgIpc) is 2.55. The number of hydrogen-bond donors (Lipinski definition) is 3. The van der Waals surface area contributed by atoms with E-state index in [1.165, 1.54) is 6.33 Å². The number of rotatable bonds is 5. The molecular formula is C15H14N3O4PS. The molecular weight excluding hydrogens is 349 g/mol. The van der Waals surface area contributed by atoms with Gasteiger partial charge in [-0.25, -0.2) is 9.97 Å². The number of benzene rings is 2. The van der Waals surface area contributed by atoms with Crippen molar-refractivity contribution in [2.75, 3.05) is 12.4 Å². The second-order valence-electron chi connectivity index (χ2n) is 4.81. The predicted molar refractivity (Wildman–Crippen MR) is 95.2 cm³/mol. The van der Waals surface area contributed by atoms with Crippen LogP contribution < -0.4 is 14.6 Å². The van der Waals surface area contributed by atoms with Crippen LogP contribution in [0.3, 0.4) is 0 Å². The Morgan fingerprint density at radius 3 is 2.50 bits per heavy atom. The van der Waals surface area contributed by atoms with E-state index in [1.807, 2.05) is 18.2 Å². The lowest BCUT2D eigenvalue weighted by Crippen LogP contribution is -1.97. The Morgan fingerprint density at radius 2 is 1.83 bits per heavy atom. The lowest BCUT2D eigenvalue weighted by Gasteiger charge is -2.12. The normalized spacial score (nSPS) is 11.3. The van der Waals surface area contributed by atoms with E-state index in [1.54, 1.807) is 31.4 Å². The van der Waals surface area contributed by atoms with Gasteiger partial charge in [-0.1, -0.05) is 6.07 Å². The fraction of sp³-hybridized carbons (Fsp3) is 0.0667. The molecule has 0 unspecified atom stereocenters. The van der Waals surface area contributed by atoms with Gasteiger partial charge >= 0.3 is 6.72 Å². The Labute approximate surface area is 143 Å². The summed E-state index contributed by atoms with van der Waals surface area (Å²) in [5, 5.41) is 4.00. The van der Waals surface area contributed by atoms with Crippen LogP contribution in [0.25, 0.3) is 10.9 Å². The number of methoxy groups -OCH3 is 1. The zero-order valence-corrected chi connectivity index (χ0v) is 14.3. The number of anilines is 2. The molecule has 3 N–H and O–H groups in total. The number of ether oxygens (including phenoxy) is 1. The van der Waals surface area contributed by atoms with Crippen molar-refractivity contribution in [1.82, 2.24) is 9.97 Å². The van der Waals surface area contributed by atoms with Crippen LogP contribution >= 0.6 is 6.72 Å². The highest BCUT2D eigenvalue weighted by Gasteiger charge is 2.11. The van der Waals surface area contributed by atoms with E-state index in [9.17, 15) is 0 Å². The molecule has 2 aromatic carbocycles. The first-order valence-corrected chi connectivity index (χ1v) is 9.49. The first-order chi connectivity index (χ1) is 11.5. The molecule has 3 aromatic rings. The molecule has 0 aliphatic carbocycles. The van der Waals surface area contributed by atoms with E-state index in [0.717, 1.165) is 11.1 Å². The van der Waals surface area contributed by atoms with Gasteiger partial charge in [-0.05, 0) is 36.4 Å². The van der Waals surface area contributed by atoms with E-state index in [2.05, 4.69) is 27.1 Å². The maximum absolute atomic E-state index is 9.16. The summed E-state index contributed by atoms with van der Waals surface area (Å²) in [6.45, 7) is -3.73. The van der Waals surface area contributed by atoms with Crippen molar-refractivity contribution in [3.05, 3.63) is 48.8 Å². The molecule has 9 heteroatoms. The summed E-state index contributed by atoms with van der Waals surface area (Å²) in [4.78, 5) is 26.8. The van der Waals surface area contributed by atoms with Gasteiger partial charge in [0.15, 0.2) is 0 Å². The molecule has 0 bridgehead atoms. The predicted octanol–water partition coefficient (Wildman–Crippen LogP) is 2.97. The van der Waals surface area contributed by atoms with E-state index < -0.39 is 6.72 Å². The molecule has 0 amide bonds. The zero-order chi connectivity index (χ0) is 17.2. The topological polar surface area (TPSA) is 96.7 Å². The molecule has 0 saturated carbocycles. The van der Waals surface area contributed by atoms with Gasteiger partial charge < -0.3 is 24.4 Å². The molecule has 3 rings (SSSR count). The molecule has 0 saturated heterocycles. The Morgan fingerprint density at radius 1 is 1.08 bits per heavy atom. The molecule has 0 radical (unpaired) electrons. The van der Waals surface area contributed by atoms with Crippen molar-refractivity contribution in [3.63, 3.8) is 0 Å². The molecule has 0 spiro atoms. The summed E-state index contributed by atoms with van der Waals surface area (Å²) in [5.41, 5.74) is 1.45. The minimum Gasteiger partial charge on any atom is -0.494 e. The van der Waals surface area contributed by atoms with Gasteiger partial charge in [0.05, 0.1) is 7.11 Å². The van der Waals surface area contributed by atoms with Crippen molar-refractivity contribution in [3.8, 4) is 11.5 Å². The standard InChI is InChI=1S/C15H14N3O4PS/c1-21-13-4-2-3-12-14(13)16-9-17-15(12)18-10-5-7-11(8-6-10)22-23(19,20)24/h2-9H,1H3,(H,16,17,18)(H2,19,20,24). The highest BCUT2D eigenvalue weighted by Crippen LogP contribution is 2.38. The lowest BCUT2D eigenvalue weighted by molar-refractivity contribution is 0.370. The second-order valence-corrected chi connectivity index (χ2v) is 7.40. The lowest BCUT2D eigenvalue weighted by atomic mass is 10.2. The second kappa shape index (κ2) is 6.70. The van der Waals surface area contributed by atoms with E-state index in [-0.39, 0.29) is 5.75 Å². The van der Waals surface area contributed by atoms with Crippen LogP contribution in [0.5, 0.6) is 11.5 Å². The fourth-order valence-corrected chi connectivity index (χ4v) is 2.85. The van der Waals surface area contributed by atoms with Gasteiger partial charge in [-0.3, -0.25) is 0 Å². The number of nitrogens with zero attached hydrogens (tertiary/aromatic N) is 2. The Hall–Kier alpha value is -2.25. The van der Waals surface area contributed by atoms with Crippen LogP contribution in [0.2, 0.25) is 0 Å².